The lowest BCUT2D eigenvalue weighted by Gasteiger charge is -2.28. The van der Waals surface area contributed by atoms with Gasteiger partial charge in [0.15, 0.2) is 0 Å². The average Bonchev–Trinajstić information content (AvgIpc) is 2.33. The van der Waals surface area contributed by atoms with Crippen molar-refractivity contribution in [3.63, 3.8) is 0 Å². The van der Waals surface area contributed by atoms with Crippen LogP contribution in [0.4, 0.5) is 0 Å². The van der Waals surface area contributed by atoms with Gasteiger partial charge in [0, 0.05) is 10.8 Å². The number of hydrogen-bond acceptors (Lipinski definition) is 2. The second-order valence-electron chi connectivity index (χ2n) is 9.37. The van der Waals surface area contributed by atoms with E-state index in [0.29, 0.717) is 0 Å². The minimum Gasteiger partial charge on any atom is -0.249 e. The number of rotatable bonds is 0. The molecule has 2 nitrogen and oxygen atoms in total. The third-order valence-electron chi connectivity index (χ3n) is 3.95. The Balaban J connectivity index is 2.79. The first-order valence-corrected chi connectivity index (χ1v) is 8.13. The van der Waals surface area contributed by atoms with Crippen molar-refractivity contribution >= 4 is 11.0 Å². The molecule has 0 fully saturated rings. The zero-order valence-corrected chi connectivity index (χ0v) is 15.6. The van der Waals surface area contributed by atoms with Crippen molar-refractivity contribution in [1.29, 1.82) is 0 Å². The quantitative estimate of drug-likeness (QED) is 0.639. The van der Waals surface area contributed by atoms with Crippen LogP contribution in [0.25, 0.3) is 11.0 Å². The highest BCUT2D eigenvalue weighted by Gasteiger charge is 2.29. The van der Waals surface area contributed by atoms with E-state index in [9.17, 15) is 0 Å². The molecule has 1 heterocycles. The first kappa shape index (κ1) is 16.9. The summed E-state index contributed by atoms with van der Waals surface area (Å²) in [6.45, 7) is 20.0. The molecule has 22 heavy (non-hydrogen) atoms. The summed E-state index contributed by atoms with van der Waals surface area (Å²) in [5, 5.41) is 0. The van der Waals surface area contributed by atoms with Gasteiger partial charge in [-0.3, -0.25) is 0 Å². The second-order valence-corrected chi connectivity index (χ2v) is 9.37. The Morgan fingerprint density at radius 1 is 0.591 bits per heavy atom. The lowest BCUT2D eigenvalue weighted by Crippen LogP contribution is -2.25. The third kappa shape index (κ3) is 3.31. The van der Waals surface area contributed by atoms with E-state index >= 15 is 0 Å². The molecule has 0 unspecified atom stereocenters. The fraction of sp³-hybridized carbons (Fsp3) is 0.600. The second kappa shape index (κ2) is 5.04. The molecule has 120 valence electrons. The standard InChI is InChI=1S/C20H30N2/c1-18(2,3)13-10-11-14-15(12-13)22-17(20(7,8)9)16(21-14)19(4,5)6/h10-12H,1-9H3. The molecule has 0 atom stereocenters. The van der Waals surface area contributed by atoms with E-state index in [-0.39, 0.29) is 16.2 Å². The third-order valence-corrected chi connectivity index (χ3v) is 3.95. The molecule has 0 aliphatic heterocycles. The summed E-state index contributed by atoms with van der Waals surface area (Å²) in [7, 11) is 0. The molecular weight excluding hydrogens is 268 g/mol. The molecule has 0 amide bonds. The number of nitrogens with zero attached hydrogens (tertiary/aromatic N) is 2. The Kier molecular flexibility index (Phi) is 3.88. The Morgan fingerprint density at radius 3 is 1.45 bits per heavy atom. The van der Waals surface area contributed by atoms with Crippen LogP contribution in [0.2, 0.25) is 0 Å². The molecular formula is C20H30N2. The molecule has 0 saturated heterocycles. The van der Waals surface area contributed by atoms with Gasteiger partial charge in [-0.1, -0.05) is 68.4 Å². The summed E-state index contributed by atoms with van der Waals surface area (Å²) in [5.74, 6) is 0. The highest BCUT2D eigenvalue weighted by atomic mass is 14.9. The summed E-state index contributed by atoms with van der Waals surface area (Å²) in [6, 6.07) is 6.49. The summed E-state index contributed by atoms with van der Waals surface area (Å²) in [6.07, 6.45) is 0. The Morgan fingerprint density at radius 2 is 1.05 bits per heavy atom. The fourth-order valence-electron chi connectivity index (χ4n) is 2.57. The predicted octanol–water partition coefficient (Wildman–Crippen LogP) is 5.52. The normalized spacial score (nSPS) is 13.7. The van der Waals surface area contributed by atoms with Gasteiger partial charge in [0.1, 0.15) is 0 Å². The van der Waals surface area contributed by atoms with Crippen LogP contribution < -0.4 is 0 Å². The zero-order valence-electron chi connectivity index (χ0n) is 15.6. The average molecular weight is 298 g/mol. The van der Waals surface area contributed by atoms with Gasteiger partial charge in [0.25, 0.3) is 0 Å². The van der Waals surface area contributed by atoms with E-state index < -0.39 is 0 Å². The minimum absolute atomic E-state index is 0.00744. The van der Waals surface area contributed by atoms with E-state index in [4.69, 9.17) is 9.97 Å². The summed E-state index contributed by atoms with van der Waals surface area (Å²) < 4.78 is 0. The summed E-state index contributed by atoms with van der Waals surface area (Å²) in [4.78, 5) is 10.00. The largest absolute Gasteiger partial charge is 0.249 e. The van der Waals surface area contributed by atoms with Crippen molar-refractivity contribution < 1.29 is 0 Å². The maximum Gasteiger partial charge on any atom is 0.0893 e. The van der Waals surface area contributed by atoms with Crippen molar-refractivity contribution in [2.75, 3.05) is 0 Å². The highest BCUT2D eigenvalue weighted by molar-refractivity contribution is 5.76. The summed E-state index contributed by atoms with van der Waals surface area (Å²) in [5.41, 5.74) is 5.62. The maximum absolute atomic E-state index is 5.02. The number of benzene rings is 1. The van der Waals surface area contributed by atoms with Crippen LogP contribution in [-0.4, -0.2) is 9.97 Å². The molecule has 0 bridgehead atoms. The van der Waals surface area contributed by atoms with Gasteiger partial charge >= 0.3 is 0 Å². The number of fused-ring (bicyclic) bond motifs is 1. The van der Waals surface area contributed by atoms with Crippen molar-refractivity contribution in [1.82, 2.24) is 9.97 Å². The monoisotopic (exact) mass is 298 g/mol. The molecule has 0 aliphatic carbocycles. The van der Waals surface area contributed by atoms with Gasteiger partial charge in [-0.25, -0.2) is 9.97 Å². The predicted molar refractivity (Wildman–Crippen MR) is 95.6 cm³/mol. The van der Waals surface area contributed by atoms with Crippen LogP contribution in [0.3, 0.4) is 0 Å². The van der Waals surface area contributed by atoms with Crippen LogP contribution in [-0.2, 0) is 16.2 Å². The van der Waals surface area contributed by atoms with E-state index in [2.05, 4.69) is 80.5 Å². The Hall–Kier alpha value is -1.44. The van der Waals surface area contributed by atoms with Crippen LogP contribution in [0.1, 0.15) is 79.3 Å². The molecule has 0 aliphatic rings. The SMILES string of the molecule is CC(C)(C)c1ccc2nc(C(C)(C)C)c(C(C)(C)C)nc2c1. The smallest absolute Gasteiger partial charge is 0.0893 e. The Bertz CT molecular complexity index is 692. The van der Waals surface area contributed by atoms with Crippen molar-refractivity contribution in [3.8, 4) is 0 Å². The maximum atomic E-state index is 5.02. The van der Waals surface area contributed by atoms with E-state index in [1.54, 1.807) is 0 Å². The van der Waals surface area contributed by atoms with Gasteiger partial charge in [0.2, 0.25) is 0 Å². The fourth-order valence-corrected chi connectivity index (χ4v) is 2.57. The van der Waals surface area contributed by atoms with Crippen LogP contribution in [0.5, 0.6) is 0 Å². The summed E-state index contributed by atoms with van der Waals surface area (Å²) >= 11 is 0. The molecule has 0 spiro atoms. The molecule has 0 N–H and O–H groups in total. The van der Waals surface area contributed by atoms with Gasteiger partial charge in [-0.15, -0.1) is 0 Å². The molecule has 2 heteroatoms. The van der Waals surface area contributed by atoms with Gasteiger partial charge in [-0.05, 0) is 23.1 Å². The topological polar surface area (TPSA) is 25.8 Å². The molecule has 1 aromatic heterocycles. The zero-order chi connectivity index (χ0) is 16.9. The van der Waals surface area contributed by atoms with Crippen molar-refractivity contribution in [3.05, 3.63) is 35.2 Å². The lowest BCUT2D eigenvalue weighted by atomic mass is 9.81. The van der Waals surface area contributed by atoms with E-state index in [0.717, 1.165) is 22.4 Å². The van der Waals surface area contributed by atoms with Crippen molar-refractivity contribution in [2.45, 2.75) is 78.6 Å². The highest BCUT2D eigenvalue weighted by Crippen LogP contribution is 2.33. The van der Waals surface area contributed by atoms with Crippen LogP contribution >= 0.6 is 0 Å². The minimum atomic E-state index is -0.0124. The van der Waals surface area contributed by atoms with Gasteiger partial charge in [0.05, 0.1) is 22.4 Å². The van der Waals surface area contributed by atoms with Crippen LogP contribution in [0.15, 0.2) is 18.2 Å². The van der Waals surface area contributed by atoms with Crippen molar-refractivity contribution in [2.24, 2.45) is 0 Å². The molecule has 2 aromatic rings. The number of hydrogen-bond donors (Lipinski definition) is 0. The van der Waals surface area contributed by atoms with Gasteiger partial charge in [-0.2, -0.15) is 0 Å². The molecule has 2 rings (SSSR count). The number of aromatic nitrogens is 2. The Labute approximate surface area is 135 Å². The lowest BCUT2D eigenvalue weighted by molar-refractivity contribution is 0.502. The van der Waals surface area contributed by atoms with Gasteiger partial charge < -0.3 is 0 Å². The first-order valence-electron chi connectivity index (χ1n) is 8.13. The van der Waals surface area contributed by atoms with Crippen LogP contribution in [0, 0.1) is 0 Å². The molecule has 0 saturated carbocycles. The van der Waals surface area contributed by atoms with E-state index in [1.807, 2.05) is 0 Å². The van der Waals surface area contributed by atoms with E-state index in [1.165, 1.54) is 5.56 Å². The first-order chi connectivity index (χ1) is 9.80. The molecule has 0 radical (unpaired) electrons. The molecule has 1 aromatic carbocycles.